The molecule has 2 aliphatic heterocycles. The van der Waals surface area contributed by atoms with Gasteiger partial charge in [-0.15, -0.1) is 0 Å². The Balaban J connectivity index is 1.62. The van der Waals surface area contributed by atoms with Crippen molar-refractivity contribution in [3.63, 3.8) is 0 Å². The molecule has 1 N–H and O–H groups in total. The number of anilines is 1. The molecule has 1 atom stereocenters. The molecule has 1 saturated heterocycles. The van der Waals surface area contributed by atoms with Gasteiger partial charge in [-0.25, -0.2) is 4.79 Å². The van der Waals surface area contributed by atoms with Gasteiger partial charge in [0, 0.05) is 42.6 Å². The lowest BCUT2D eigenvalue weighted by Gasteiger charge is -2.32. The Morgan fingerprint density at radius 2 is 1.52 bits per heavy atom. The topological polar surface area (TPSA) is 76.5 Å². The van der Waals surface area contributed by atoms with Crippen LogP contribution in [0.25, 0.3) is 0 Å². The standard InChI is InChI=1S/C21H19Cl3N4O3/c22-14-3-1-13(2-4-14)19-12-17(20(29)26-7-9-27(10-8-26)21(30)31)25-28(19)18-6-5-15(23)11-16(18)24/h1-6,11,19H,7-10,12H2,(H,30,31). The second-order valence-electron chi connectivity index (χ2n) is 7.32. The summed E-state index contributed by atoms with van der Waals surface area (Å²) >= 11 is 18.5. The van der Waals surface area contributed by atoms with E-state index in [1.165, 1.54) is 4.90 Å². The zero-order valence-corrected chi connectivity index (χ0v) is 18.6. The minimum Gasteiger partial charge on any atom is -0.465 e. The van der Waals surface area contributed by atoms with Crippen molar-refractivity contribution in [3.8, 4) is 0 Å². The number of rotatable bonds is 3. The molecule has 31 heavy (non-hydrogen) atoms. The van der Waals surface area contributed by atoms with Crippen LogP contribution in [-0.2, 0) is 4.79 Å². The maximum Gasteiger partial charge on any atom is 0.407 e. The van der Waals surface area contributed by atoms with Crippen LogP contribution in [0.1, 0.15) is 18.0 Å². The lowest BCUT2D eigenvalue weighted by atomic mass is 10.0. The maximum atomic E-state index is 13.2. The number of hydrogen-bond donors (Lipinski definition) is 1. The number of amides is 2. The molecule has 2 aliphatic rings. The predicted molar refractivity (Wildman–Crippen MR) is 121 cm³/mol. The molecular formula is C21H19Cl3N4O3. The Bertz CT molecular complexity index is 1040. The van der Waals surface area contributed by atoms with Crippen LogP contribution in [-0.4, -0.2) is 58.8 Å². The molecule has 2 aromatic carbocycles. The largest absolute Gasteiger partial charge is 0.465 e. The van der Waals surface area contributed by atoms with Crippen LogP contribution < -0.4 is 5.01 Å². The normalized spacial score (nSPS) is 18.9. The van der Waals surface area contributed by atoms with Gasteiger partial charge in [0.25, 0.3) is 5.91 Å². The van der Waals surface area contributed by atoms with Gasteiger partial charge in [-0.2, -0.15) is 5.10 Å². The third-order valence-electron chi connectivity index (χ3n) is 5.41. The third-order valence-corrected chi connectivity index (χ3v) is 6.20. The van der Waals surface area contributed by atoms with Crippen molar-refractivity contribution in [1.29, 1.82) is 0 Å². The van der Waals surface area contributed by atoms with E-state index in [1.54, 1.807) is 40.2 Å². The zero-order valence-electron chi connectivity index (χ0n) is 16.3. The summed E-state index contributed by atoms with van der Waals surface area (Å²) in [4.78, 5) is 27.2. The lowest BCUT2D eigenvalue weighted by Crippen LogP contribution is -2.51. The fourth-order valence-corrected chi connectivity index (χ4v) is 4.38. The molecule has 162 valence electrons. The number of carboxylic acid groups (broad SMARTS) is 1. The molecule has 2 amide bonds. The highest BCUT2D eigenvalue weighted by atomic mass is 35.5. The van der Waals surface area contributed by atoms with Gasteiger partial charge in [-0.1, -0.05) is 46.9 Å². The Morgan fingerprint density at radius 3 is 2.13 bits per heavy atom. The molecule has 0 spiro atoms. The van der Waals surface area contributed by atoms with E-state index >= 15 is 0 Å². The van der Waals surface area contributed by atoms with Crippen LogP contribution in [0.5, 0.6) is 0 Å². The van der Waals surface area contributed by atoms with Crippen molar-refractivity contribution in [1.82, 2.24) is 9.80 Å². The van der Waals surface area contributed by atoms with Crippen LogP contribution in [0.15, 0.2) is 47.6 Å². The zero-order chi connectivity index (χ0) is 22.1. The average molecular weight is 482 g/mol. The molecular weight excluding hydrogens is 463 g/mol. The number of nitrogens with zero attached hydrogens (tertiary/aromatic N) is 4. The molecule has 1 unspecified atom stereocenters. The first-order valence-corrected chi connectivity index (χ1v) is 10.8. The van der Waals surface area contributed by atoms with Crippen molar-refractivity contribution < 1.29 is 14.7 Å². The van der Waals surface area contributed by atoms with Crippen molar-refractivity contribution in [2.45, 2.75) is 12.5 Å². The van der Waals surface area contributed by atoms with E-state index in [4.69, 9.17) is 39.9 Å². The fourth-order valence-electron chi connectivity index (χ4n) is 3.76. The summed E-state index contributed by atoms with van der Waals surface area (Å²) in [5, 5.41) is 17.0. The highest BCUT2D eigenvalue weighted by molar-refractivity contribution is 6.40. The number of hydrogen-bond acceptors (Lipinski definition) is 4. The Labute approximate surface area is 194 Å². The first-order chi connectivity index (χ1) is 14.8. The quantitative estimate of drug-likeness (QED) is 0.685. The summed E-state index contributed by atoms with van der Waals surface area (Å²) in [7, 11) is 0. The van der Waals surface area contributed by atoms with Gasteiger partial charge in [-0.05, 0) is 35.9 Å². The van der Waals surface area contributed by atoms with Gasteiger partial charge < -0.3 is 14.9 Å². The minimum absolute atomic E-state index is 0.198. The minimum atomic E-state index is -0.975. The van der Waals surface area contributed by atoms with Crippen molar-refractivity contribution >= 4 is 58.2 Å². The number of carbonyl (C=O) groups is 2. The molecule has 0 saturated carbocycles. The van der Waals surface area contributed by atoms with Crippen molar-refractivity contribution in [2.24, 2.45) is 5.10 Å². The van der Waals surface area contributed by atoms with Gasteiger partial charge >= 0.3 is 6.09 Å². The molecule has 7 nitrogen and oxygen atoms in total. The van der Waals surface area contributed by atoms with Crippen LogP contribution in [0.2, 0.25) is 15.1 Å². The van der Waals surface area contributed by atoms with Crippen LogP contribution in [0.3, 0.4) is 0 Å². The number of hydrazone groups is 1. The molecule has 2 aromatic rings. The van der Waals surface area contributed by atoms with E-state index in [2.05, 4.69) is 5.10 Å². The first-order valence-electron chi connectivity index (χ1n) is 9.68. The smallest absolute Gasteiger partial charge is 0.407 e. The summed E-state index contributed by atoms with van der Waals surface area (Å²) < 4.78 is 0. The van der Waals surface area contributed by atoms with Crippen molar-refractivity contribution in [2.75, 3.05) is 31.2 Å². The summed E-state index contributed by atoms with van der Waals surface area (Å²) in [5.41, 5.74) is 1.98. The Hall–Kier alpha value is -2.48. The number of halogens is 3. The van der Waals surface area contributed by atoms with Crippen LogP contribution in [0, 0.1) is 0 Å². The summed E-state index contributed by atoms with van der Waals surface area (Å²) in [5.74, 6) is -0.198. The lowest BCUT2D eigenvalue weighted by molar-refractivity contribution is -0.125. The van der Waals surface area contributed by atoms with Crippen LogP contribution in [0.4, 0.5) is 10.5 Å². The second-order valence-corrected chi connectivity index (χ2v) is 8.60. The first kappa shape index (κ1) is 21.7. The molecule has 0 aromatic heterocycles. The Kier molecular flexibility index (Phi) is 6.27. The molecule has 4 rings (SSSR count). The van der Waals surface area contributed by atoms with Crippen molar-refractivity contribution in [3.05, 3.63) is 63.1 Å². The van der Waals surface area contributed by atoms with Crippen LogP contribution >= 0.6 is 34.8 Å². The maximum absolute atomic E-state index is 13.2. The van der Waals surface area contributed by atoms with Gasteiger partial charge in [0.2, 0.25) is 0 Å². The molecule has 1 fully saturated rings. The number of benzene rings is 2. The third kappa shape index (κ3) is 4.59. The number of piperazine rings is 1. The van der Waals surface area contributed by atoms with E-state index < -0.39 is 6.09 Å². The molecule has 0 aliphatic carbocycles. The second kappa shape index (κ2) is 8.94. The van der Waals surface area contributed by atoms with Gasteiger partial charge in [0.05, 0.1) is 16.8 Å². The fraction of sp³-hybridized carbons (Fsp3) is 0.286. The van der Waals surface area contributed by atoms with Gasteiger partial charge in [0.15, 0.2) is 0 Å². The molecule has 2 heterocycles. The van der Waals surface area contributed by atoms with E-state index in [0.717, 1.165) is 5.56 Å². The predicted octanol–water partition coefficient (Wildman–Crippen LogP) is 4.78. The SMILES string of the molecule is O=C(O)N1CCN(C(=O)C2=NN(c3ccc(Cl)cc3Cl)C(c3ccc(Cl)cc3)C2)CC1. The summed E-state index contributed by atoms with van der Waals surface area (Å²) in [6, 6.07) is 12.3. The number of carbonyl (C=O) groups excluding carboxylic acids is 1. The van der Waals surface area contributed by atoms with E-state index in [0.29, 0.717) is 46.0 Å². The highest BCUT2D eigenvalue weighted by Crippen LogP contribution is 2.40. The summed E-state index contributed by atoms with van der Waals surface area (Å²) in [6.07, 6.45) is -0.588. The summed E-state index contributed by atoms with van der Waals surface area (Å²) in [6.45, 7) is 1.22. The Morgan fingerprint density at radius 1 is 0.903 bits per heavy atom. The molecule has 10 heteroatoms. The average Bonchev–Trinajstić information content (AvgIpc) is 3.19. The van der Waals surface area contributed by atoms with Gasteiger partial charge in [0.1, 0.15) is 5.71 Å². The van der Waals surface area contributed by atoms with E-state index in [1.807, 2.05) is 12.1 Å². The van der Waals surface area contributed by atoms with Gasteiger partial charge in [-0.3, -0.25) is 9.80 Å². The monoisotopic (exact) mass is 480 g/mol. The molecule has 0 bridgehead atoms. The molecule has 0 radical (unpaired) electrons. The van der Waals surface area contributed by atoms with E-state index in [9.17, 15) is 9.59 Å². The highest BCUT2D eigenvalue weighted by Gasteiger charge is 2.36. The van der Waals surface area contributed by atoms with E-state index in [-0.39, 0.29) is 25.0 Å².